The molecule has 240 valence electrons. The highest BCUT2D eigenvalue weighted by molar-refractivity contribution is 5.99. The van der Waals surface area contributed by atoms with E-state index in [2.05, 4.69) is 0 Å². The lowest BCUT2D eigenvalue weighted by molar-refractivity contribution is 1.28. The summed E-state index contributed by atoms with van der Waals surface area (Å²) >= 11 is 0. The predicted molar refractivity (Wildman–Crippen MR) is 218 cm³/mol. The van der Waals surface area contributed by atoms with E-state index >= 15 is 0 Å². The third-order valence-electron chi connectivity index (χ3n) is 9.22. The molecule has 0 aliphatic carbocycles. The van der Waals surface area contributed by atoms with Crippen molar-refractivity contribution in [3.05, 3.63) is 212 Å². The SMILES string of the molecule is [2H]c1c([2H])c(-c2cccc3ccccc23)c([2H])c(N(c2cccc(-c3cccc4ccccc34)c2)c2c([2H])c([2H])c(-c3ccc(-c4ccccc4)cc3)c([2H])c2[2H])c1[2H]. The monoisotopic (exact) mass is 657 g/mol. The Bertz CT molecular complexity index is 3050. The maximum atomic E-state index is 9.83. The Kier molecular flexibility index (Phi) is 5.96. The minimum Gasteiger partial charge on any atom is -0.310 e. The zero-order valence-corrected chi connectivity index (χ0v) is 27.5. The molecule has 0 N–H and O–H groups in total. The van der Waals surface area contributed by atoms with E-state index in [0.29, 0.717) is 16.8 Å². The number of hydrogen-bond acceptors (Lipinski definition) is 1. The first-order valence-electron chi connectivity index (χ1n) is 20.9. The van der Waals surface area contributed by atoms with Gasteiger partial charge in [0.2, 0.25) is 0 Å². The first-order chi connectivity index (χ1) is 28.6. The van der Waals surface area contributed by atoms with Gasteiger partial charge in [-0.1, -0.05) is 176 Å². The smallest absolute Gasteiger partial charge is 0.0651 e. The fourth-order valence-electron chi connectivity index (χ4n) is 6.71. The normalized spacial score (nSPS) is 13.3. The molecule has 0 atom stereocenters. The molecule has 1 heteroatoms. The summed E-state index contributed by atoms with van der Waals surface area (Å²) in [5.74, 6) is 0. The lowest BCUT2D eigenvalue weighted by atomic mass is 9.96. The lowest BCUT2D eigenvalue weighted by Gasteiger charge is -2.27. The predicted octanol–water partition coefficient (Wildman–Crippen LogP) is 14.1. The van der Waals surface area contributed by atoms with Gasteiger partial charge in [0, 0.05) is 17.1 Å². The van der Waals surface area contributed by atoms with Crippen molar-refractivity contribution < 1.29 is 11.0 Å². The Morgan fingerprint density at radius 2 is 0.863 bits per heavy atom. The maximum absolute atomic E-state index is 9.83. The van der Waals surface area contributed by atoms with Crippen LogP contribution in [-0.4, -0.2) is 0 Å². The Balaban J connectivity index is 1.31. The van der Waals surface area contributed by atoms with Crippen LogP contribution >= 0.6 is 0 Å². The van der Waals surface area contributed by atoms with Crippen LogP contribution in [0, 0.1) is 0 Å². The third-order valence-corrected chi connectivity index (χ3v) is 9.22. The van der Waals surface area contributed by atoms with Gasteiger partial charge in [0.05, 0.1) is 11.0 Å². The number of anilines is 3. The zero-order chi connectivity index (χ0) is 40.9. The quantitative estimate of drug-likeness (QED) is 0.165. The molecule has 0 radical (unpaired) electrons. The molecule has 9 aromatic rings. The van der Waals surface area contributed by atoms with Gasteiger partial charge in [-0.05, 0) is 102 Å². The maximum Gasteiger partial charge on any atom is 0.0651 e. The number of benzene rings is 9. The Labute approximate surface area is 310 Å². The summed E-state index contributed by atoms with van der Waals surface area (Å²) in [6, 6.07) is 48.9. The second kappa shape index (κ2) is 13.3. The van der Waals surface area contributed by atoms with Crippen LogP contribution < -0.4 is 4.90 Å². The molecule has 0 spiro atoms. The molecule has 9 aromatic carbocycles. The van der Waals surface area contributed by atoms with Gasteiger partial charge in [0.1, 0.15) is 0 Å². The molecule has 51 heavy (non-hydrogen) atoms. The molecule has 0 aliphatic rings. The van der Waals surface area contributed by atoms with E-state index in [0.717, 1.165) is 43.8 Å². The fourth-order valence-corrected chi connectivity index (χ4v) is 6.71. The number of fused-ring (bicyclic) bond motifs is 2. The Morgan fingerprint density at radius 3 is 1.55 bits per heavy atom. The standard InChI is InChI=1S/C50H35N/c1-2-12-36(13-3-1)37-26-28-38(29-27-37)39-30-32-44(33-31-39)51(45-20-8-18-42(34-45)49-24-10-16-40-14-4-6-22-47(40)49)46-21-9-19-43(35-46)50-25-11-17-41-15-5-7-23-48(41)50/h1-35H/i8D,18D,20D,30D,31D,32D,33D,34D. The summed E-state index contributed by atoms with van der Waals surface area (Å²) in [6.45, 7) is 0. The van der Waals surface area contributed by atoms with E-state index in [9.17, 15) is 8.22 Å². The van der Waals surface area contributed by atoms with Crippen LogP contribution in [0.25, 0.3) is 66.1 Å². The molecule has 0 heterocycles. The van der Waals surface area contributed by atoms with Crippen LogP contribution in [0.1, 0.15) is 11.0 Å². The Hall–Kier alpha value is -6.70. The zero-order valence-electron chi connectivity index (χ0n) is 35.5. The highest BCUT2D eigenvalue weighted by atomic mass is 15.1. The third kappa shape index (κ3) is 5.96. The van der Waals surface area contributed by atoms with Crippen LogP contribution in [0.3, 0.4) is 0 Å². The summed E-state index contributed by atoms with van der Waals surface area (Å²) < 4.78 is 75.4. The van der Waals surface area contributed by atoms with E-state index in [1.165, 1.54) is 4.90 Å². The van der Waals surface area contributed by atoms with Crippen LogP contribution in [-0.2, 0) is 0 Å². The molecule has 0 aliphatic heterocycles. The van der Waals surface area contributed by atoms with Gasteiger partial charge in [-0.3, -0.25) is 0 Å². The van der Waals surface area contributed by atoms with Gasteiger partial charge in [0.15, 0.2) is 0 Å². The highest BCUT2D eigenvalue weighted by Crippen LogP contribution is 2.41. The molecule has 9 rings (SSSR count). The van der Waals surface area contributed by atoms with Crippen molar-refractivity contribution in [2.45, 2.75) is 0 Å². The molecular formula is C50H35N. The van der Waals surface area contributed by atoms with Crippen molar-refractivity contribution in [3.63, 3.8) is 0 Å². The summed E-state index contributed by atoms with van der Waals surface area (Å²) in [4.78, 5) is 1.41. The van der Waals surface area contributed by atoms with Crippen molar-refractivity contribution in [1.29, 1.82) is 0 Å². The van der Waals surface area contributed by atoms with Gasteiger partial charge in [0.25, 0.3) is 0 Å². The molecule has 0 bridgehead atoms. The summed E-state index contributed by atoms with van der Waals surface area (Å²) in [6.07, 6.45) is 0. The minimum absolute atomic E-state index is 0.115. The topological polar surface area (TPSA) is 3.24 Å². The van der Waals surface area contributed by atoms with Gasteiger partial charge >= 0.3 is 0 Å². The van der Waals surface area contributed by atoms with Crippen molar-refractivity contribution in [2.75, 3.05) is 4.90 Å². The average Bonchev–Trinajstić information content (AvgIpc) is 3.27. The first-order valence-corrected chi connectivity index (χ1v) is 16.9. The molecule has 0 aromatic heterocycles. The van der Waals surface area contributed by atoms with Crippen molar-refractivity contribution in [2.24, 2.45) is 0 Å². The van der Waals surface area contributed by atoms with Crippen molar-refractivity contribution in [1.82, 2.24) is 0 Å². The largest absolute Gasteiger partial charge is 0.310 e. The lowest BCUT2D eigenvalue weighted by Crippen LogP contribution is -2.10. The number of nitrogens with zero attached hydrogens (tertiary/aromatic N) is 1. The van der Waals surface area contributed by atoms with Crippen LogP contribution in [0.4, 0.5) is 17.1 Å². The fraction of sp³-hybridized carbons (Fsp3) is 0. The van der Waals surface area contributed by atoms with E-state index in [-0.39, 0.29) is 58.8 Å². The summed E-state index contributed by atoms with van der Waals surface area (Å²) in [7, 11) is 0. The van der Waals surface area contributed by atoms with Gasteiger partial charge < -0.3 is 4.90 Å². The van der Waals surface area contributed by atoms with Gasteiger partial charge in [-0.2, -0.15) is 0 Å². The van der Waals surface area contributed by atoms with Crippen LogP contribution in [0.5, 0.6) is 0 Å². The van der Waals surface area contributed by atoms with Crippen LogP contribution in [0.15, 0.2) is 212 Å². The molecule has 0 saturated carbocycles. The van der Waals surface area contributed by atoms with Crippen LogP contribution in [0.2, 0.25) is 0 Å². The molecule has 1 nitrogen and oxygen atoms in total. The summed E-state index contributed by atoms with van der Waals surface area (Å²) in [5, 5.41) is 3.67. The minimum atomic E-state index is -0.447. The number of rotatable bonds is 7. The molecule has 0 saturated heterocycles. The average molecular weight is 658 g/mol. The summed E-state index contributed by atoms with van der Waals surface area (Å²) in [5.41, 5.74) is 4.96. The molecule has 0 amide bonds. The second-order valence-electron chi connectivity index (χ2n) is 12.3. The molecule has 0 fully saturated rings. The van der Waals surface area contributed by atoms with Gasteiger partial charge in [-0.25, -0.2) is 0 Å². The van der Waals surface area contributed by atoms with Crippen molar-refractivity contribution >= 4 is 38.6 Å². The number of hydrogen-bond donors (Lipinski definition) is 0. The Morgan fingerprint density at radius 1 is 0.333 bits per heavy atom. The van der Waals surface area contributed by atoms with E-state index < -0.39 is 12.1 Å². The first kappa shape index (κ1) is 22.8. The van der Waals surface area contributed by atoms with Crippen molar-refractivity contribution in [3.8, 4) is 44.5 Å². The molecule has 0 unspecified atom stereocenters. The highest BCUT2D eigenvalue weighted by Gasteiger charge is 2.16. The van der Waals surface area contributed by atoms with Gasteiger partial charge in [-0.15, -0.1) is 0 Å². The molecular weight excluding hydrogens is 615 g/mol. The van der Waals surface area contributed by atoms with E-state index in [4.69, 9.17) is 2.74 Å². The second-order valence-corrected chi connectivity index (χ2v) is 12.3. The van der Waals surface area contributed by atoms with E-state index in [1.807, 2.05) is 140 Å². The van der Waals surface area contributed by atoms with E-state index in [1.54, 1.807) is 24.3 Å².